The molecule has 2 aliphatic rings. The number of halogens is 3. The van der Waals surface area contributed by atoms with Crippen LogP contribution in [0.2, 0.25) is 0 Å². The lowest BCUT2D eigenvalue weighted by Crippen LogP contribution is -2.35. The van der Waals surface area contributed by atoms with Gasteiger partial charge < -0.3 is 9.47 Å². The largest absolute Gasteiger partial charge is 0.417 e. The first-order valence-corrected chi connectivity index (χ1v) is 9.67. The summed E-state index contributed by atoms with van der Waals surface area (Å²) in [6.45, 7) is 5.33. The third kappa shape index (κ3) is 3.67. The van der Waals surface area contributed by atoms with Crippen LogP contribution in [0.25, 0.3) is 11.3 Å². The van der Waals surface area contributed by atoms with Crippen molar-refractivity contribution in [2.24, 2.45) is 0 Å². The van der Waals surface area contributed by atoms with E-state index in [1.807, 2.05) is 24.6 Å². The molecule has 0 unspecified atom stereocenters. The molecule has 2 aromatic rings. The minimum absolute atomic E-state index is 0.109. The monoisotopic (exact) mass is 395 g/mol. The second-order valence-corrected chi connectivity index (χ2v) is 7.83. The summed E-state index contributed by atoms with van der Waals surface area (Å²) in [6, 6.07) is 3.13. The normalized spacial score (nSPS) is 20.4. The maximum atomic E-state index is 13.0. The Hall–Kier alpha value is -1.93. The molecule has 152 valence electrons. The third-order valence-corrected chi connectivity index (χ3v) is 5.59. The number of rotatable bonds is 3. The zero-order valence-electron chi connectivity index (χ0n) is 16.0. The van der Waals surface area contributed by atoms with E-state index in [2.05, 4.69) is 10.1 Å². The maximum Gasteiger partial charge on any atom is 0.417 e. The van der Waals surface area contributed by atoms with Crippen LogP contribution in [0.15, 0.2) is 24.5 Å². The molecule has 0 atom stereocenters. The molecule has 0 N–H and O–H groups in total. The molecule has 3 heterocycles. The minimum Gasteiger partial charge on any atom is -0.348 e. The molecule has 5 nitrogen and oxygen atoms in total. The zero-order valence-corrected chi connectivity index (χ0v) is 16.0. The first-order valence-electron chi connectivity index (χ1n) is 9.67. The predicted molar refractivity (Wildman–Crippen MR) is 96.7 cm³/mol. The van der Waals surface area contributed by atoms with Gasteiger partial charge in [0.05, 0.1) is 24.5 Å². The molecule has 2 fully saturated rings. The van der Waals surface area contributed by atoms with Gasteiger partial charge in [0.2, 0.25) is 0 Å². The molecular weight excluding hydrogens is 371 g/mol. The number of aromatic nitrogens is 3. The van der Waals surface area contributed by atoms with E-state index in [4.69, 9.17) is 9.47 Å². The summed E-state index contributed by atoms with van der Waals surface area (Å²) in [4.78, 5) is 3.77. The van der Waals surface area contributed by atoms with Gasteiger partial charge in [-0.1, -0.05) is 0 Å². The molecule has 1 saturated heterocycles. The molecule has 0 bridgehead atoms. The Kier molecular flexibility index (Phi) is 4.95. The Morgan fingerprint density at radius 1 is 1.11 bits per heavy atom. The number of pyridine rings is 1. The summed E-state index contributed by atoms with van der Waals surface area (Å²) in [5.74, 6) is -0.159. The molecule has 28 heavy (non-hydrogen) atoms. The number of hydrogen-bond donors (Lipinski definition) is 0. The Morgan fingerprint density at radius 3 is 2.39 bits per heavy atom. The van der Waals surface area contributed by atoms with Crippen molar-refractivity contribution >= 4 is 0 Å². The molecule has 1 saturated carbocycles. The van der Waals surface area contributed by atoms with E-state index in [1.165, 1.54) is 6.20 Å². The summed E-state index contributed by atoms with van der Waals surface area (Å²) < 4.78 is 52.7. The molecule has 4 rings (SSSR count). The fraction of sp³-hybridized carbons (Fsp3) is 0.600. The first-order chi connectivity index (χ1) is 13.3. The van der Waals surface area contributed by atoms with Gasteiger partial charge in [0.1, 0.15) is 0 Å². The van der Waals surface area contributed by atoms with Crippen molar-refractivity contribution < 1.29 is 22.6 Å². The van der Waals surface area contributed by atoms with E-state index >= 15 is 0 Å². The van der Waals surface area contributed by atoms with Crippen molar-refractivity contribution in [3.8, 4) is 11.3 Å². The average Bonchev–Trinajstić information content (AvgIpc) is 3.30. The molecular formula is C20H24F3N3O2. The predicted octanol–water partition coefficient (Wildman–Crippen LogP) is 4.95. The summed E-state index contributed by atoms with van der Waals surface area (Å²) in [5.41, 5.74) is 1.19. The Morgan fingerprint density at radius 2 is 1.79 bits per heavy atom. The van der Waals surface area contributed by atoms with E-state index in [0.29, 0.717) is 24.5 Å². The lowest BCUT2D eigenvalue weighted by molar-refractivity contribution is -0.179. The maximum absolute atomic E-state index is 13.0. The second kappa shape index (κ2) is 7.15. The molecule has 0 radical (unpaired) electrons. The zero-order chi connectivity index (χ0) is 19.9. The van der Waals surface area contributed by atoms with Crippen LogP contribution in [0, 0.1) is 0 Å². The number of alkyl halides is 3. The summed E-state index contributed by atoms with van der Waals surface area (Å²) in [5, 5.41) is 4.61. The van der Waals surface area contributed by atoms with Crippen molar-refractivity contribution in [3.05, 3.63) is 35.8 Å². The van der Waals surface area contributed by atoms with E-state index in [-0.39, 0.29) is 12.0 Å². The van der Waals surface area contributed by atoms with E-state index < -0.39 is 17.5 Å². The van der Waals surface area contributed by atoms with Gasteiger partial charge in [-0.05, 0) is 38.8 Å². The van der Waals surface area contributed by atoms with Crippen LogP contribution in [0.3, 0.4) is 0 Å². The minimum atomic E-state index is -4.43. The first kappa shape index (κ1) is 19.4. The van der Waals surface area contributed by atoms with Gasteiger partial charge in [0.25, 0.3) is 0 Å². The topological polar surface area (TPSA) is 49.2 Å². The van der Waals surface area contributed by atoms with Gasteiger partial charge in [-0.25, -0.2) is 0 Å². The molecule has 0 amide bonds. The van der Waals surface area contributed by atoms with E-state index in [1.54, 1.807) is 0 Å². The van der Waals surface area contributed by atoms with Crippen LogP contribution in [0.1, 0.15) is 62.7 Å². The van der Waals surface area contributed by atoms with Crippen LogP contribution in [-0.4, -0.2) is 33.8 Å². The lowest BCUT2D eigenvalue weighted by Gasteiger charge is -2.35. The fourth-order valence-electron chi connectivity index (χ4n) is 4.14. The van der Waals surface area contributed by atoms with Gasteiger partial charge in [-0.15, -0.1) is 0 Å². The van der Waals surface area contributed by atoms with Crippen LogP contribution in [-0.2, 0) is 15.7 Å². The van der Waals surface area contributed by atoms with Crippen LogP contribution >= 0.6 is 0 Å². The Bertz CT molecular complexity index is 831. The Balaban J connectivity index is 1.62. The summed E-state index contributed by atoms with van der Waals surface area (Å²) >= 11 is 0. The number of ether oxygens (including phenoxy) is 2. The SMILES string of the molecule is CC(C)n1nc(-c2cncc(C(F)(F)F)c2)cc1C1CCC2(CC1)OCCO2. The van der Waals surface area contributed by atoms with Gasteiger partial charge in [-0.2, -0.15) is 18.3 Å². The molecule has 1 spiro atoms. The Labute approximate surface area is 161 Å². The van der Waals surface area contributed by atoms with Crippen LogP contribution in [0.4, 0.5) is 13.2 Å². The highest BCUT2D eigenvalue weighted by molar-refractivity contribution is 5.59. The number of nitrogens with zero attached hydrogens (tertiary/aromatic N) is 3. The third-order valence-electron chi connectivity index (χ3n) is 5.59. The van der Waals surface area contributed by atoms with Crippen molar-refractivity contribution in [2.45, 2.75) is 63.5 Å². The smallest absolute Gasteiger partial charge is 0.348 e. The van der Waals surface area contributed by atoms with Gasteiger partial charge in [0.15, 0.2) is 5.79 Å². The average molecular weight is 395 g/mol. The van der Waals surface area contributed by atoms with E-state index in [0.717, 1.165) is 43.6 Å². The highest BCUT2D eigenvalue weighted by Gasteiger charge is 2.41. The summed E-state index contributed by atoms with van der Waals surface area (Å²) in [6.07, 6.45) is 1.29. The fourth-order valence-corrected chi connectivity index (χ4v) is 4.14. The van der Waals surface area contributed by atoms with E-state index in [9.17, 15) is 13.2 Å². The molecule has 2 aromatic heterocycles. The van der Waals surface area contributed by atoms with Crippen molar-refractivity contribution in [1.82, 2.24) is 14.8 Å². The van der Waals surface area contributed by atoms with Crippen LogP contribution in [0.5, 0.6) is 0 Å². The lowest BCUT2D eigenvalue weighted by atomic mass is 9.83. The van der Waals surface area contributed by atoms with Crippen LogP contribution < -0.4 is 0 Å². The summed E-state index contributed by atoms with van der Waals surface area (Å²) in [7, 11) is 0. The van der Waals surface area contributed by atoms with Crippen molar-refractivity contribution in [3.63, 3.8) is 0 Å². The van der Waals surface area contributed by atoms with Gasteiger partial charge >= 0.3 is 6.18 Å². The van der Waals surface area contributed by atoms with Crippen molar-refractivity contribution in [2.75, 3.05) is 13.2 Å². The quantitative estimate of drug-likeness (QED) is 0.738. The standard InChI is InChI=1S/C20H24F3N3O2/c1-13(2)26-18(14-3-5-19(6-4-14)27-7-8-28-19)10-17(25-26)15-9-16(12-24-11-15)20(21,22)23/h9-14H,3-8H2,1-2H3. The molecule has 1 aliphatic heterocycles. The molecule has 0 aromatic carbocycles. The van der Waals surface area contributed by atoms with Gasteiger partial charge in [0, 0.05) is 48.5 Å². The van der Waals surface area contributed by atoms with Crippen molar-refractivity contribution in [1.29, 1.82) is 0 Å². The van der Waals surface area contributed by atoms with Gasteiger partial charge in [-0.3, -0.25) is 9.67 Å². The highest BCUT2D eigenvalue weighted by Crippen LogP contribution is 2.43. The molecule has 1 aliphatic carbocycles. The molecule has 8 heteroatoms. The number of hydrogen-bond acceptors (Lipinski definition) is 4. The second-order valence-electron chi connectivity index (χ2n) is 7.83. The highest BCUT2D eigenvalue weighted by atomic mass is 19.4.